The van der Waals surface area contributed by atoms with E-state index in [1.807, 2.05) is 0 Å². The molecule has 1 amide bonds. The van der Waals surface area contributed by atoms with Crippen LogP contribution in [0.25, 0.3) is 0 Å². The van der Waals surface area contributed by atoms with E-state index in [2.05, 4.69) is 5.32 Å². The first-order valence-electron chi connectivity index (χ1n) is 8.66. The van der Waals surface area contributed by atoms with Crippen LogP contribution in [0.2, 0.25) is 0 Å². The standard InChI is InChI=1S/C15H27NO12/c1-4(19)16-7-9(22)8(21)6(3-18)26-15(7)28-13-10(23)12(5(20)2-17)27-14(25)11(13)24/h5-15,17-18,20-25H,2-3H2,1H3,(H,16,19)/t5-,6+,7+,8-,9+,10+,11-,12+,13-,14-,15+/m0/s1. The highest BCUT2D eigenvalue weighted by Crippen LogP contribution is 2.29. The molecule has 0 unspecified atom stereocenters. The van der Waals surface area contributed by atoms with Crippen molar-refractivity contribution in [2.45, 2.75) is 74.4 Å². The molecule has 0 aliphatic carbocycles. The molecule has 0 aromatic rings. The van der Waals surface area contributed by atoms with E-state index in [1.54, 1.807) is 0 Å². The summed E-state index contributed by atoms with van der Waals surface area (Å²) in [5.41, 5.74) is 0. The van der Waals surface area contributed by atoms with Crippen molar-refractivity contribution in [3.8, 4) is 0 Å². The lowest BCUT2D eigenvalue weighted by atomic mass is 9.94. The van der Waals surface area contributed by atoms with Crippen molar-refractivity contribution in [3.05, 3.63) is 0 Å². The molecular formula is C15H27NO12. The molecule has 2 fully saturated rings. The molecule has 13 nitrogen and oxygen atoms in total. The summed E-state index contributed by atoms with van der Waals surface area (Å²) in [6.07, 6.45) is -16.3. The summed E-state index contributed by atoms with van der Waals surface area (Å²) in [5.74, 6) is -0.613. The molecule has 2 heterocycles. The lowest BCUT2D eigenvalue weighted by Gasteiger charge is -2.47. The number of nitrogens with one attached hydrogen (secondary N) is 1. The van der Waals surface area contributed by atoms with E-state index in [1.165, 1.54) is 0 Å². The summed E-state index contributed by atoms with van der Waals surface area (Å²) < 4.78 is 15.7. The van der Waals surface area contributed by atoms with Gasteiger partial charge in [0.05, 0.1) is 13.2 Å². The lowest BCUT2D eigenvalue weighted by Crippen LogP contribution is -2.68. The first-order chi connectivity index (χ1) is 13.1. The van der Waals surface area contributed by atoms with E-state index in [0.717, 1.165) is 6.92 Å². The van der Waals surface area contributed by atoms with Gasteiger partial charge in [-0.25, -0.2) is 0 Å². The maximum atomic E-state index is 11.4. The van der Waals surface area contributed by atoms with Gasteiger partial charge in [0.15, 0.2) is 12.6 Å². The molecule has 0 bridgehead atoms. The summed E-state index contributed by atoms with van der Waals surface area (Å²) in [6.45, 7) is -0.398. The van der Waals surface area contributed by atoms with Gasteiger partial charge in [0.25, 0.3) is 0 Å². The Hall–Kier alpha value is -0.970. The average molecular weight is 413 g/mol. The fourth-order valence-electron chi connectivity index (χ4n) is 3.20. The summed E-state index contributed by atoms with van der Waals surface area (Å²) in [7, 11) is 0. The Morgan fingerprint density at radius 3 is 2.21 bits per heavy atom. The maximum Gasteiger partial charge on any atom is 0.217 e. The van der Waals surface area contributed by atoms with E-state index >= 15 is 0 Å². The Bertz CT molecular complexity index is 523. The maximum absolute atomic E-state index is 11.4. The van der Waals surface area contributed by atoms with E-state index in [9.17, 15) is 40.5 Å². The van der Waals surface area contributed by atoms with Crippen molar-refractivity contribution >= 4 is 5.91 Å². The summed E-state index contributed by atoms with van der Waals surface area (Å²) >= 11 is 0. The Balaban J connectivity index is 2.25. The second-order valence-corrected chi connectivity index (χ2v) is 6.76. The van der Waals surface area contributed by atoms with Crippen molar-refractivity contribution in [2.75, 3.05) is 13.2 Å². The number of hydrogen-bond acceptors (Lipinski definition) is 12. The average Bonchev–Trinajstić information content (AvgIpc) is 2.66. The Kier molecular flexibility index (Phi) is 8.06. The first-order valence-corrected chi connectivity index (χ1v) is 8.66. The molecule has 2 aliphatic rings. The molecular weight excluding hydrogens is 386 g/mol. The van der Waals surface area contributed by atoms with Gasteiger partial charge in [-0.3, -0.25) is 4.79 Å². The van der Waals surface area contributed by atoms with Gasteiger partial charge in [0, 0.05) is 6.92 Å². The van der Waals surface area contributed by atoms with Crippen LogP contribution in [-0.4, -0.2) is 127 Å². The number of carbonyl (C=O) groups is 1. The fourth-order valence-corrected chi connectivity index (χ4v) is 3.20. The van der Waals surface area contributed by atoms with Crippen molar-refractivity contribution < 1.29 is 59.9 Å². The van der Waals surface area contributed by atoms with Gasteiger partial charge in [-0.05, 0) is 0 Å². The third-order valence-electron chi connectivity index (χ3n) is 4.71. The zero-order valence-corrected chi connectivity index (χ0v) is 15.0. The molecule has 164 valence electrons. The number of rotatable bonds is 6. The third-order valence-corrected chi connectivity index (χ3v) is 4.71. The molecule has 0 radical (unpaired) electrons. The molecule has 11 atom stereocenters. The van der Waals surface area contributed by atoms with Crippen molar-refractivity contribution in [2.24, 2.45) is 0 Å². The van der Waals surface area contributed by atoms with Crippen LogP contribution in [0.4, 0.5) is 0 Å². The Labute approximate surface area is 159 Å². The number of amides is 1. The van der Waals surface area contributed by atoms with E-state index in [-0.39, 0.29) is 0 Å². The van der Waals surface area contributed by atoms with E-state index < -0.39 is 86.6 Å². The van der Waals surface area contributed by atoms with Crippen molar-refractivity contribution in [1.82, 2.24) is 5.32 Å². The predicted octanol–water partition coefficient (Wildman–Crippen LogP) is -5.89. The van der Waals surface area contributed by atoms with Gasteiger partial charge < -0.3 is 60.4 Å². The van der Waals surface area contributed by atoms with Gasteiger partial charge in [0.2, 0.25) is 5.91 Å². The molecule has 0 saturated carbocycles. The summed E-state index contributed by atoms with van der Waals surface area (Å²) in [4.78, 5) is 11.4. The molecule has 0 spiro atoms. The SMILES string of the molecule is CC(=O)N[C@H]1[C@@H](O[C@H]2[C@H](O)[C@@H]([C@@H](O)CO)O[C@H](O)[C@H]2O)O[C@H](CO)[C@H](O)[C@@H]1O. The van der Waals surface area contributed by atoms with Gasteiger partial charge in [0.1, 0.15) is 54.9 Å². The lowest BCUT2D eigenvalue weighted by molar-refractivity contribution is -0.347. The molecule has 28 heavy (non-hydrogen) atoms. The fraction of sp³-hybridized carbons (Fsp3) is 0.933. The quantitative estimate of drug-likeness (QED) is 0.199. The van der Waals surface area contributed by atoms with Crippen LogP contribution in [0, 0.1) is 0 Å². The smallest absolute Gasteiger partial charge is 0.217 e. The topological polar surface area (TPSA) is 219 Å². The van der Waals surface area contributed by atoms with Crippen LogP contribution >= 0.6 is 0 Å². The molecule has 2 saturated heterocycles. The molecule has 2 rings (SSSR count). The van der Waals surface area contributed by atoms with Crippen molar-refractivity contribution in [3.63, 3.8) is 0 Å². The number of aliphatic hydroxyl groups is 8. The van der Waals surface area contributed by atoms with Gasteiger partial charge in [-0.15, -0.1) is 0 Å². The van der Waals surface area contributed by atoms with Crippen LogP contribution in [0.1, 0.15) is 6.92 Å². The van der Waals surface area contributed by atoms with Gasteiger partial charge in [-0.2, -0.15) is 0 Å². The molecule has 2 aliphatic heterocycles. The van der Waals surface area contributed by atoms with Crippen LogP contribution in [0.3, 0.4) is 0 Å². The molecule has 0 aromatic heterocycles. The van der Waals surface area contributed by atoms with Gasteiger partial charge in [-0.1, -0.05) is 0 Å². The normalized spacial score (nSPS) is 45.5. The van der Waals surface area contributed by atoms with Crippen LogP contribution < -0.4 is 5.32 Å². The summed E-state index contributed by atoms with van der Waals surface area (Å²) in [6, 6.07) is -1.35. The highest BCUT2D eigenvalue weighted by molar-refractivity contribution is 5.73. The number of carbonyl (C=O) groups excluding carboxylic acids is 1. The van der Waals surface area contributed by atoms with E-state index in [4.69, 9.17) is 19.3 Å². The highest BCUT2D eigenvalue weighted by Gasteiger charge is 2.52. The summed E-state index contributed by atoms with van der Waals surface area (Å²) in [5, 5.41) is 80.9. The largest absolute Gasteiger partial charge is 0.394 e. The zero-order valence-electron chi connectivity index (χ0n) is 15.0. The minimum Gasteiger partial charge on any atom is -0.394 e. The van der Waals surface area contributed by atoms with E-state index in [0.29, 0.717) is 0 Å². The van der Waals surface area contributed by atoms with Gasteiger partial charge >= 0.3 is 0 Å². The minimum atomic E-state index is -1.90. The number of ether oxygens (including phenoxy) is 3. The second-order valence-electron chi connectivity index (χ2n) is 6.76. The van der Waals surface area contributed by atoms with Crippen molar-refractivity contribution in [1.29, 1.82) is 0 Å². The minimum absolute atomic E-state index is 0.613. The number of aliphatic hydroxyl groups excluding tert-OH is 8. The zero-order chi connectivity index (χ0) is 21.2. The second kappa shape index (κ2) is 9.69. The Morgan fingerprint density at radius 1 is 1.04 bits per heavy atom. The van der Waals surface area contributed by atoms with Crippen LogP contribution in [0.15, 0.2) is 0 Å². The monoisotopic (exact) mass is 413 g/mol. The van der Waals surface area contributed by atoms with Crippen LogP contribution in [-0.2, 0) is 19.0 Å². The van der Waals surface area contributed by atoms with Crippen LogP contribution in [0.5, 0.6) is 0 Å². The molecule has 9 N–H and O–H groups in total. The number of hydrogen-bond donors (Lipinski definition) is 9. The molecule has 0 aromatic carbocycles. The molecule has 13 heteroatoms. The first kappa shape index (κ1) is 23.3. The third kappa shape index (κ3) is 4.77. The Morgan fingerprint density at radius 2 is 1.68 bits per heavy atom. The highest BCUT2D eigenvalue weighted by atomic mass is 16.7. The predicted molar refractivity (Wildman–Crippen MR) is 86.2 cm³/mol.